The largest absolute Gasteiger partial charge is 0.486 e. The van der Waals surface area contributed by atoms with E-state index in [-0.39, 0.29) is 17.2 Å². The molecule has 1 N–H and O–H groups in total. The van der Waals surface area contributed by atoms with Crippen molar-refractivity contribution in [2.24, 2.45) is 5.41 Å². The Kier molecular flexibility index (Phi) is 3.38. The first-order valence-electron chi connectivity index (χ1n) is 9.27. The molecule has 5 rings (SSSR count). The number of Topliss-reactive ketones (excluding diaryl/α,β-unsaturated/α-hetero) is 1. The number of allylic oxidation sites excluding steroid dienone is 2. The molecule has 27 heavy (non-hydrogen) atoms. The molecule has 3 aliphatic rings. The van der Waals surface area contributed by atoms with Gasteiger partial charge < -0.3 is 14.8 Å². The number of aryl methyl sites for hydroxylation is 1. The summed E-state index contributed by atoms with van der Waals surface area (Å²) < 4.78 is 13.2. The third-order valence-corrected chi connectivity index (χ3v) is 5.32. The van der Waals surface area contributed by atoms with Crippen LogP contribution in [-0.2, 0) is 4.79 Å². The van der Waals surface area contributed by atoms with Crippen molar-refractivity contribution in [2.45, 2.75) is 39.7 Å². The second kappa shape index (κ2) is 5.58. The van der Waals surface area contributed by atoms with Crippen molar-refractivity contribution in [2.75, 3.05) is 18.5 Å². The number of aromatic nitrogens is 3. The number of fused-ring (bicyclic) bond motifs is 2. The van der Waals surface area contributed by atoms with E-state index in [1.54, 1.807) is 0 Å². The molecule has 1 aromatic carbocycles. The summed E-state index contributed by atoms with van der Waals surface area (Å²) in [6, 6.07) is 5.55. The molecule has 0 saturated heterocycles. The minimum Gasteiger partial charge on any atom is -0.486 e. The quantitative estimate of drug-likeness (QED) is 0.836. The number of anilines is 1. The van der Waals surface area contributed by atoms with Crippen molar-refractivity contribution in [3.8, 4) is 11.5 Å². The monoisotopic (exact) mass is 366 g/mol. The molecule has 140 valence electrons. The number of ketones is 1. The molecule has 2 aliphatic heterocycles. The molecule has 0 fully saturated rings. The SMILES string of the molecule is Cc1nc2n(n1)C(c1ccc3c(c1)OCCO3)C1=C(CC(C)(C)CC1=O)N2. The Labute approximate surface area is 157 Å². The number of hydrogen-bond donors (Lipinski definition) is 1. The standard InChI is InChI=1S/C20H22N4O3/c1-11-21-19-22-13-9-20(2,3)10-14(25)17(13)18(24(19)23-11)12-4-5-15-16(8-12)27-7-6-26-15/h4-5,8,18H,6-7,9-10H2,1-3H3,(H,21,22,23). The zero-order valence-corrected chi connectivity index (χ0v) is 15.7. The molecule has 1 aliphatic carbocycles. The first kappa shape index (κ1) is 16.4. The fraction of sp³-hybridized carbons (Fsp3) is 0.450. The Bertz CT molecular complexity index is 989. The van der Waals surface area contributed by atoms with E-state index in [1.807, 2.05) is 29.8 Å². The third kappa shape index (κ3) is 2.60. The van der Waals surface area contributed by atoms with Crippen LogP contribution in [0.15, 0.2) is 29.5 Å². The lowest BCUT2D eigenvalue weighted by atomic mass is 9.73. The summed E-state index contributed by atoms with van der Waals surface area (Å²) in [6.07, 6.45) is 1.33. The van der Waals surface area contributed by atoms with E-state index in [4.69, 9.17) is 9.47 Å². The zero-order valence-electron chi connectivity index (χ0n) is 15.7. The van der Waals surface area contributed by atoms with Gasteiger partial charge in [-0.2, -0.15) is 10.1 Å². The number of carbonyl (C=O) groups excluding carboxylic acids is 1. The van der Waals surface area contributed by atoms with E-state index in [9.17, 15) is 4.79 Å². The van der Waals surface area contributed by atoms with Gasteiger partial charge >= 0.3 is 0 Å². The molecule has 3 heterocycles. The van der Waals surface area contributed by atoms with Gasteiger partial charge in [-0.15, -0.1) is 0 Å². The smallest absolute Gasteiger partial charge is 0.226 e. The van der Waals surface area contributed by atoms with E-state index >= 15 is 0 Å². The summed E-state index contributed by atoms with van der Waals surface area (Å²) in [5, 5.41) is 7.93. The molecular weight excluding hydrogens is 344 g/mol. The van der Waals surface area contributed by atoms with Crippen molar-refractivity contribution >= 4 is 11.7 Å². The number of nitrogens with one attached hydrogen (secondary N) is 1. The molecule has 0 radical (unpaired) electrons. The van der Waals surface area contributed by atoms with Gasteiger partial charge in [0.2, 0.25) is 5.95 Å². The molecule has 1 aromatic heterocycles. The van der Waals surface area contributed by atoms with Gasteiger partial charge in [0.05, 0.1) is 0 Å². The normalized spacial score (nSPS) is 22.8. The fourth-order valence-electron chi connectivity index (χ4n) is 4.25. The maximum atomic E-state index is 13.1. The first-order valence-corrected chi connectivity index (χ1v) is 9.27. The maximum Gasteiger partial charge on any atom is 0.226 e. The van der Waals surface area contributed by atoms with Gasteiger partial charge in [0, 0.05) is 17.7 Å². The van der Waals surface area contributed by atoms with E-state index in [0.29, 0.717) is 37.2 Å². The summed E-state index contributed by atoms with van der Waals surface area (Å²) in [7, 11) is 0. The van der Waals surface area contributed by atoms with Gasteiger partial charge in [-0.1, -0.05) is 19.9 Å². The summed E-state index contributed by atoms with van der Waals surface area (Å²) in [5.74, 6) is 2.95. The molecule has 0 spiro atoms. The average Bonchev–Trinajstić information content (AvgIpc) is 2.98. The minimum absolute atomic E-state index is 0.0719. The lowest BCUT2D eigenvalue weighted by Gasteiger charge is -2.38. The van der Waals surface area contributed by atoms with Crippen molar-refractivity contribution in [1.29, 1.82) is 0 Å². The Morgan fingerprint density at radius 3 is 2.78 bits per heavy atom. The van der Waals surface area contributed by atoms with Crippen molar-refractivity contribution in [3.63, 3.8) is 0 Å². The highest BCUT2D eigenvalue weighted by molar-refractivity contribution is 6.00. The van der Waals surface area contributed by atoms with Crippen LogP contribution in [0.4, 0.5) is 5.95 Å². The lowest BCUT2D eigenvalue weighted by Crippen LogP contribution is -2.36. The van der Waals surface area contributed by atoms with E-state index in [0.717, 1.165) is 29.0 Å². The molecular formula is C20H22N4O3. The van der Waals surface area contributed by atoms with Gasteiger partial charge in [0.25, 0.3) is 0 Å². The van der Waals surface area contributed by atoms with E-state index in [2.05, 4.69) is 29.2 Å². The van der Waals surface area contributed by atoms with E-state index < -0.39 is 0 Å². The number of ether oxygens (including phenoxy) is 2. The summed E-state index contributed by atoms with van der Waals surface area (Å²) >= 11 is 0. The summed E-state index contributed by atoms with van der Waals surface area (Å²) in [4.78, 5) is 17.6. The number of carbonyl (C=O) groups is 1. The Morgan fingerprint density at radius 2 is 1.96 bits per heavy atom. The van der Waals surface area contributed by atoms with Gasteiger partial charge in [0.15, 0.2) is 17.3 Å². The first-order chi connectivity index (χ1) is 12.9. The van der Waals surface area contributed by atoms with Crippen LogP contribution in [0, 0.1) is 12.3 Å². The molecule has 7 nitrogen and oxygen atoms in total. The van der Waals surface area contributed by atoms with Gasteiger partial charge in [-0.25, -0.2) is 4.68 Å². The van der Waals surface area contributed by atoms with Crippen LogP contribution in [0.2, 0.25) is 0 Å². The number of nitrogens with zero attached hydrogens (tertiary/aromatic N) is 3. The minimum atomic E-state index is -0.308. The Balaban J connectivity index is 1.68. The highest BCUT2D eigenvalue weighted by Gasteiger charge is 2.41. The molecule has 0 saturated carbocycles. The number of benzene rings is 1. The zero-order chi connectivity index (χ0) is 18.8. The lowest BCUT2D eigenvalue weighted by molar-refractivity contribution is -0.118. The molecule has 2 aromatic rings. The molecule has 0 amide bonds. The van der Waals surface area contributed by atoms with Crippen molar-refractivity contribution < 1.29 is 14.3 Å². The number of hydrogen-bond acceptors (Lipinski definition) is 6. The second-order valence-corrected chi connectivity index (χ2v) is 8.19. The molecule has 7 heteroatoms. The number of rotatable bonds is 1. The topological polar surface area (TPSA) is 78.3 Å². The molecule has 1 atom stereocenters. The molecule has 1 unspecified atom stereocenters. The van der Waals surface area contributed by atoms with Crippen LogP contribution in [-0.4, -0.2) is 33.8 Å². The van der Waals surface area contributed by atoms with Crippen LogP contribution >= 0.6 is 0 Å². The Morgan fingerprint density at radius 1 is 1.19 bits per heavy atom. The summed E-state index contributed by atoms with van der Waals surface area (Å²) in [5.41, 5.74) is 2.62. The average molecular weight is 366 g/mol. The molecule has 0 bridgehead atoms. The highest BCUT2D eigenvalue weighted by Crippen LogP contribution is 2.46. The van der Waals surface area contributed by atoms with Crippen LogP contribution in [0.5, 0.6) is 11.5 Å². The van der Waals surface area contributed by atoms with Gasteiger partial charge in [-0.3, -0.25) is 4.79 Å². The van der Waals surface area contributed by atoms with E-state index in [1.165, 1.54) is 0 Å². The maximum absolute atomic E-state index is 13.1. The van der Waals surface area contributed by atoms with Gasteiger partial charge in [-0.05, 0) is 36.5 Å². The van der Waals surface area contributed by atoms with Crippen LogP contribution < -0.4 is 14.8 Å². The van der Waals surface area contributed by atoms with Crippen LogP contribution in [0.3, 0.4) is 0 Å². The summed E-state index contributed by atoms with van der Waals surface area (Å²) in [6.45, 7) is 7.19. The predicted octanol–water partition coefficient (Wildman–Crippen LogP) is 3.02. The highest BCUT2D eigenvalue weighted by atomic mass is 16.6. The van der Waals surface area contributed by atoms with Crippen LogP contribution in [0.25, 0.3) is 0 Å². The van der Waals surface area contributed by atoms with Crippen molar-refractivity contribution in [3.05, 3.63) is 40.9 Å². The Hall–Kier alpha value is -2.83. The predicted molar refractivity (Wildman–Crippen MR) is 99.0 cm³/mol. The fourth-order valence-corrected chi connectivity index (χ4v) is 4.25. The second-order valence-electron chi connectivity index (χ2n) is 8.19. The third-order valence-electron chi connectivity index (χ3n) is 5.32. The van der Waals surface area contributed by atoms with Crippen molar-refractivity contribution in [1.82, 2.24) is 14.8 Å². The van der Waals surface area contributed by atoms with Gasteiger partial charge in [0.1, 0.15) is 25.1 Å². The van der Waals surface area contributed by atoms with Crippen LogP contribution in [0.1, 0.15) is 44.1 Å².